The quantitative estimate of drug-likeness (QED) is 0.785. The maximum atomic E-state index is 13.0. The van der Waals surface area contributed by atoms with E-state index < -0.39 is 23.6 Å². The maximum absolute atomic E-state index is 13.0. The molecule has 3 N–H and O–H groups in total. The lowest BCUT2D eigenvalue weighted by Gasteiger charge is -2.21. The van der Waals surface area contributed by atoms with Gasteiger partial charge in [-0.05, 0) is 30.7 Å². The standard InChI is InChI=1S/C12H16F3NO/c1-2-3-7(6-16)12(17)8-4-9(13)11(15)10(14)5-8/h4-5,7,12,17H,2-3,6,16H2,1H3. The van der Waals surface area contributed by atoms with Gasteiger partial charge in [0.15, 0.2) is 17.5 Å². The summed E-state index contributed by atoms with van der Waals surface area (Å²) in [5, 5.41) is 9.92. The van der Waals surface area contributed by atoms with Crippen molar-refractivity contribution in [3.63, 3.8) is 0 Å². The van der Waals surface area contributed by atoms with Crippen molar-refractivity contribution >= 4 is 0 Å². The van der Waals surface area contributed by atoms with E-state index in [1.54, 1.807) is 0 Å². The van der Waals surface area contributed by atoms with E-state index in [1.165, 1.54) is 0 Å². The third-order valence-electron chi connectivity index (χ3n) is 2.76. The number of aliphatic hydroxyl groups is 1. The summed E-state index contributed by atoms with van der Waals surface area (Å²) in [6.07, 6.45) is 0.355. The Hall–Kier alpha value is -1.07. The molecule has 2 atom stereocenters. The lowest BCUT2D eigenvalue weighted by Crippen LogP contribution is -2.22. The number of hydrogen-bond acceptors (Lipinski definition) is 2. The first-order chi connectivity index (χ1) is 8.01. The average Bonchev–Trinajstić information content (AvgIpc) is 2.31. The summed E-state index contributed by atoms with van der Waals surface area (Å²) in [5.41, 5.74) is 5.50. The minimum atomic E-state index is -1.53. The van der Waals surface area contributed by atoms with Crippen LogP contribution in [0.3, 0.4) is 0 Å². The van der Waals surface area contributed by atoms with Crippen LogP contribution in [-0.4, -0.2) is 11.7 Å². The molecule has 2 unspecified atom stereocenters. The van der Waals surface area contributed by atoms with Gasteiger partial charge in [-0.25, -0.2) is 13.2 Å². The summed E-state index contributed by atoms with van der Waals surface area (Å²) in [7, 11) is 0. The summed E-state index contributed by atoms with van der Waals surface area (Å²) < 4.78 is 38.7. The van der Waals surface area contributed by atoms with Crippen molar-refractivity contribution in [1.29, 1.82) is 0 Å². The predicted octanol–water partition coefficient (Wildman–Crippen LogP) is 2.51. The number of nitrogens with two attached hydrogens (primary N) is 1. The molecule has 0 heterocycles. The van der Waals surface area contributed by atoms with E-state index in [2.05, 4.69) is 0 Å². The zero-order chi connectivity index (χ0) is 13.0. The van der Waals surface area contributed by atoms with Crippen molar-refractivity contribution in [1.82, 2.24) is 0 Å². The Kier molecular flexibility index (Phi) is 4.96. The van der Waals surface area contributed by atoms with Crippen molar-refractivity contribution in [2.24, 2.45) is 11.7 Å². The molecule has 0 fully saturated rings. The van der Waals surface area contributed by atoms with Gasteiger partial charge in [-0.2, -0.15) is 0 Å². The van der Waals surface area contributed by atoms with Crippen molar-refractivity contribution in [3.05, 3.63) is 35.1 Å². The van der Waals surface area contributed by atoms with E-state index >= 15 is 0 Å². The highest BCUT2D eigenvalue weighted by molar-refractivity contribution is 5.22. The average molecular weight is 247 g/mol. The lowest BCUT2D eigenvalue weighted by molar-refractivity contribution is 0.106. The van der Waals surface area contributed by atoms with E-state index in [1.807, 2.05) is 6.92 Å². The molecular weight excluding hydrogens is 231 g/mol. The van der Waals surface area contributed by atoms with Crippen LogP contribution in [0.2, 0.25) is 0 Å². The summed E-state index contributed by atoms with van der Waals surface area (Å²) in [6.45, 7) is 2.12. The van der Waals surface area contributed by atoms with Gasteiger partial charge < -0.3 is 10.8 Å². The van der Waals surface area contributed by atoms with E-state index in [4.69, 9.17) is 5.73 Å². The third-order valence-corrected chi connectivity index (χ3v) is 2.76. The smallest absolute Gasteiger partial charge is 0.194 e. The van der Waals surface area contributed by atoms with Gasteiger partial charge >= 0.3 is 0 Å². The van der Waals surface area contributed by atoms with Gasteiger partial charge in [-0.15, -0.1) is 0 Å². The second-order valence-electron chi connectivity index (χ2n) is 4.03. The predicted molar refractivity (Wildman–Crippen MR) is 58.7 cm³/mol. The molecule has 0 aliphatic rings. The highest BCUT2D eigenvalue weighted by Crippen LogP contribution is 2.27. The molecule has 5 heteroatoms. The molecule has 0 saturated carbocycles. The Morgan fingerprint density at radius 2 is 1.76 bits per heavy atom. The summed E-state index contributed by atoms with van der Waals surface area (Å²) >= 11 is 0. The van der Waals surface area contributed by atoms with Crippen LogP contribution < -0.4 is 5.73 Å². The van der Waals surface area contributed by atoms with Crippen LogP contribution in [0.15, 0.2) is 12.1 Å². The van der Waals surface area contributed by atoms with Crippen LogP contribution in [-0.2, 0) is 0 Å². The number of aliphatic hydroxyl groups excluding tert-OH is 1. The molecule has 1 aromatic carbocycles. The Labute approximate surface area is 98.3 Å². The van der Waals surface area contributed by atoms with Crippen molar-refractivity contribution in [3.8, 4) is 0 Å². The van der Waals surface area contributed by atoms with Crippen LogP contribution in [0.25, 0.3) is 0 Å². The Balaban J connectivity index is 2.99. The molecule has 17 heavy (non-hydrogen) atoms. The summed E-state index contributed by atoms with van der Waals surface area (Å²) in [4.78, 5) is 0. The van der Waals surface area contributed by atoms with E-state index in [9.17, 15) is 18.3 Å². The first-order valence-corrected chi connectivity index (χ1v) is 5.53. The molecule has 0 spiro atoms. The molecule has 2 nitrogen and oxygen atoms in total. The zero-order valence-electron chi connectivity index (χ0n) is 9.59. The molecule has 0 amide bonds. The van der Waals surface area contributed by atoms with Gasteiger partial charge in [0.05, 0.1) is 6.10 Å². The minimum Gasteiger partial charge on any atom is -0.388 e. The molecule has 0 radical (unpaired) electrons. The van der Waals surface area contributed by atoms with Crippen LogP contribution in [0.5, 0.6) is 0 Å². The van der Waals surface area contributed by atoms with E-state index in [0.29, 0.717) is 6.42 Å². The van der Waals surface area contributed by atoms with E-state index in [-0.39, 0.29) is 18.0 Å². The molecule has 96 valence electrons. The minimum absolute atomic E-state index is 0.0188. The molecule has 0 aromatic heterocycles. The highest BCUT2D eigenvalue weighted by atomic mass is 19.2. The molecule has 0 bridgehead atoms. The maximum Gasteiger partial charge on any atom is 0.194 e. The molecule has 1 rings (SSSR count). The van der Waals surface area contributed by atoms with Crippen LogP contribution in [0.4, 0.5) is 13.2 Å². The SMILES string of the molecule is CCCC(CN)C(O)c1cc(F)c(F)c(F)c1. The summed E-state index contributed by atoms with van der Waals surface area (Å²) in [6, 6.07) is 1.61. The molecule has 0 aliphatic carbocycles. The van der Waals surface area contributed by atoms with Gasteiger partial charge in [0, 0.05) is 5.92 Å². The third kappa shape index (κ3) is 3.20. The van der Waals surface area contributed by atoms with Gasteiger partial charge in [-0.1, -0.05) is 13.3 Å². The zero-order valence-corrected chi connectivity index (χ0v) is 9.59. The fourth-order valence-corrected chi connectivity index (χ4v) is 1.79. The van der Waals surface area contributed by atoms with Crippen molar-refractivity contribution < 1.29 is 18.3 Å². The molecular formula is C12H16F3NO. The van der Waals surface area contributed by atoms with Gasteiger partial charge in [0.2, 0.25) is 0 Å². The molecule has 0 aliphatic heterocycles. The van der Waals surface area contributed by atoms with Gasteiger partial charge in [0.1, 0.15) is 0 Å². The van der Waals surface area contributed by atoms with E-state index in [0.717, 1.165) is 18.6 Å². The summed E-state index contributed by atoms with van der Waals surface area (Å²) in [5.74, 6) is -4.41. The van der Waals surface area contributed by atoms with Crippen LogP contribution >= 0.6 is 0 Å². The Morgan fingerprint density at radius 1 is 1.24 bits per heavy atom. The number of benzene rings is 1. The fourth-order valence-electron chi connectivity index (χ4n) is 1.79. The highest BCUT2D eigenvalue weighted by Gasteiger charge is 2.22. The Bertz CT molecular complexity index is 361. The van der Waals surface area contributed by atoms with Crippen molar-refractivity contribution in [2.75, 3.05) is 6.54 Å². The Morgan fingerprint density at radius 3 is 2.18 bits per heavy atom. The van der Waals surface area contributed by atoms with Crippen LogP contribution in [0, 0.1) is 23.4 Å². The first kappa shape index (κ1) is 14.0. The lowest BCUT2D eigenvalue weighted by atomic mass is 9.92. The monoisotopic (exact) mass is 247 g/mol. The molecule has 1 aromatic rings. The first-order valence-electron chi connectivity index (χ1n) is 5.53. The normalized spacial score (nSPS) is 14.7. The molecule has 0 saturated heterocycles. The second kappa shape index (κ2) is 6.02. The number of halogens is 3. The topological polar surface area (TPSA) is 46.2 Å². The van der Waals surface area contributed by atoms with Gasteiger partial charge in [0.25, 0.3) is 0 Å². The largest absolute Gasteiger partial charge is 0.388 e. The number of hydrogen-bond donors (Lipinski definition) is 2. The van der Waals surface area contributed by atoms with Crippen molar-refractivity contribution in [2.45, 2.75) is 25.9 Å². The fraction of sp³-hybridized carbons (Fsp3) is 0.500. The van der Waals surface area contributed by atoms with Crippen LogP contribution in [0.1, 0.15) is 31.4 Å². The number of rotatable bonds is 5. The second-order valence-corrected chi connectivity index (χ2v) is 4.03. The van der Waals surface area contributed by atoms with Gasteiger partial charge in [-0.3, -0.25) is 0 Å².